The number of amides is 2. The Labute approximate surface area is 129 Å². The number of hydrogen-bond acceptors (Lipinski definition) is 2. The molecule has 2 aromatic carbocycles. The predicted octanol–water partition coefficient (Wildman–Crippen LogP) is 4.11. The van der Waals surface area contributed by atoms with Gasteiger partial charge >= 0.3 is 6.03 Å². The molecule has 2 amide bonds. The number of ether oxygens (including phenoxy) is 1. The molecule has 0 aliphatic carbocycles. The van der Waals surface area contributed by atoms with E-state index in [-0.39, 0.29) is 11.7 Å². The van der Waals surface area contributed by atoms with Gasteiger partial charge in [0.2, 0.25) is 0 Å². The van der Waals surface area contributed by atoms with E-state index >= 15 is 0 Å². The second-order valence-electron chi connectivity index (χ2n) is 4.81. The number of anilines is 1. The highest BCUT2D eigenvalue weighted by atomic mass is 19.1. The zero-order valence-electron chi connectivity index (χ0n) is 12.6. The Kier molecular flexibility index (Phi) is 5.36. The lowest BCUT2D eigenvalue weighted by atomic mass is 10.0. The summed E-state index contributed by atoms with van der Waals surface area (Å²) < 4.78 is 18.6. The van der Waals surface area contributed by atoms with Gasteiger partial charge in [0.05, 0.1) is 18.8 Å². The highest BCUT2D eigenvalue weighted by Gasteiger charge is 2.13. The summed E-state index contributed by atoms with van der Waals surface area (Å²) in [5.74, 6) is 0.296. The summed E-state index contributed by atoms with van der Waals surface area (Å²) in [5, 5.41) is 5.36. The molecular weight excluding hydrogens is 283 g/mol. The monoisotopic (exact) mass is 302 g/mol. The first kappa shape index (κ1) is 15.8. The normalized spacial score (nSPS) is 11.6. The molecule has 2 aromatic rings. The second-order valence-corrected chi connectivity index (χ2v) is 4.81. The average Bonchev–Trinajstić information content (AvgIpc) is 2.55. The standard InChI is InChI=1S/C17H19FN2O2/c1-3-15(12-8-10-13(22-2)11-9-12)19-17(21)20-16-7-5-4-6-14(16)18/h4-11,15H,3H2,1-2H3,(H2,19,20,21). The quantitative estimate of drug-likeness (QED) is 0.873. The maximum atomic E-state index is 13.5. The number of para-hydroxylation sites is 1. The van der Waals surface area contributed by atoms with Crippen LogP contribution < -0.4 is 15.4 Å². The minimum absolute atomic E-state index is 0.155. The van der Waals surface area contributed by atoms with Crippen LogP contribution in [0.3, 0.4) is 0 Å². The maximum Gasteiger partial charge on any atom is 0.319 e. The van der Waals surface area contributed by atoms with Crippen LogP contribution in [0.25, 0.3) is 0 Å². The van der Waals surface area contributed by atoms with Crippen molar-refractivity contribution in [3.8, 4) is 5.75 Å². The first-order valence-electron chi connectivity index (χ1n) is 7.10. The van der Waals surface area contributed by atoms with E-state index in [1.807, 2.05) is 31.2 Å². The van der Waals surface area contributed by atoms with Crippen molar-refractivity contribution in [3.05, 3.63) is 59.9 Å². The van der Waals surface area contributed by atoms with Gasteiger partial charge in [-0.1, -0.05) is 31.2 Å². The van der Waals surface area contributed by atoms with E-state index in [0.29, 0.717) is 0 Å². The van der Waals surface area contributed by atoms with Crippen LogP contribution in [0.4, 0.5) is 14.9 Å². The van der Waals surface area contributed by atoms with E-state index in [0.717, 1.165) is 17.7 Å². The number of benzene rings is 2. The van der Waals surface area contributed by atoms with E-state index < -0.39 is 11.8 Å². The fourth-order valence-corrected chi connectivity index (χ4v) is 2.14. The first-order chi connectivity index (χ1) is 10.6. The van der Waals surface area contributed by atoms with Crippen LogP contribution in [0.1, 0.15) is 24.9 Å². The van der Waals surface area contributed by atoms with Crippen LogP contribution in [0.2, 0.25) is 0 Å². The number of urea groups is 1. The van der Waals surface area contributed by atoms with Crippen molar-refractivity contribution in [2.75, 3.05) is 12.4 Å². The van der Waals surface area contributed by atoms with Crippen LogP contribution in [0.5, 0.6) is 5.75 Å². The summed E-state index contributed by atoms with van der Waals surface area (Å²) in [5.41, 5.74) is 1.12. The molecule has 0 heterocycles. The zero-order chi connectivity index (χ0) is 15.9. The third kappa shape index (κ3) is 3.97. The molecule has 0 aliphatic rings. The molecule has 22 heavy (non-hydrogen) atoms. The molecule has 5 heteroatoms. The zero-order valence-corrected chi connectivity index (χ0v) is 12.6. The lowest BCUT2D eigenvalue weighted by Gasteiger charge is -2.18. The van der Waals surface area contributed by atoms with Crippen LogP contribution in [0.15, 0.2) is 48.5 Å². The Balaban J connectivity index is 2.03. The molecule has 0 saturated heterocycles. The topological polar surface area (TPSA) is 50.4 Å². The molecule has 0 radical (unpaired) electrons. The van der Waals surface area contributed by atoms with E-state index in [2.05, 4.69) is 10.6 Å². The Morgan fingerprint density at radius 3 is 2.45 bits per heavy atom. The number of halogens is 1. The Morgan fingerprint density at radius 2 is 1.86 bits per heavy atom. The Morgan fingerprint density at radius 1 is 1.18 bits per heavy atom. The van der Waals surface area contributed by atoms with Gasteiger partial charge in [-0.25, -0.2) is 9.18 Å². The number of rotatable bonds is 5. The van der Waals surface area contributed by atoms with E-state index in [9.17, 15) is 9.18 Å². The van der Waals surface area contributed by atoms with Crippen molar-refractivity contribution in [2.24, 2.45) is 0 Å². The van der Waals surface area contributed by atoms with Crippen molar-refractivity contribution in [3.63, 3.8) is 0 Å². The van der Waals surface area contributed by atoms with Gasteiger partial charge < -0.3 is 15.4 Å². The molecular formula is C17H19FN2O2. The lowest BCUT2D eigenvalue weighted by molar-refractivity contribution is 0.248. The van der Waals surface area contributed by atoms with Gasteiger partial charge in [-0.05, 0) is 36.2 Å². The highest BCUT2D eigenvalue weighted by Crippen LogP contribution is 2.20. The van der Waals surface area contributed by atoms with E-state index in [1.54, 1.807) is 19.2 Å². The number of methoxy groups -OCH3 is 1. The molecule has 0 aliphatic heterocycles. The van der Waals surface area contributed by atoms with Gasteiger partial charge in [-0.2, -0.15) is 0 Å². The van der Waals surface area contributed by atoms with Crippen molar-refractivity contribution in [2.45, 2.75) is 19.4 Å². The van der Waals surface area contributed by atoms with Crippen LogP contribution in [-0.4, -0.2) is 13.1 Å². The van der Waals surface area contributed by atoms with Crippen molar-refractivity contribution < 1.29 is 13.9 Å². The van der Waals surface area contributed by atoms with Gasteiger partial charge in [0.1, 0.15) is 11.6 Å². The summed E-state index contributed by atoms with van der Waals surface area (Å²) in [6, 6.07) is 12.9. The molecule has 4 nitrogen and oxygen atoms in total. The van der Waals surface area contributed by atoms with Crippen LogP contribution in [-0.2, 0) is 0 Å². The number of carbonyl (C=O) groups excluding carboxylic acids is 1. The molecule has 0 aromatic heterocycles. The summed E-state index contributed by atoms with van der Waals surface area (Å²) >= 11 is 0. The average molecular weight is 302 g/mol. The van der Waals surface area contributed by atoms with Gasteiger partial charge in [-0.3, -0.25) is 0 Å². The molecule has 0 fully saturated rings. The SMILES string of the molecule is CCC(NC(=O)Nc1ccccc1F)c1ccc(OC)cc1. The van der Waals surface area contributed by atoms with Gasteiger partial charge in [0.25, 0.3) is 0 Å². The van der Waals surface area contributed by atoms with Crippen molar-refractivity contribution in [1.82, 2.24) is 5.32 Å². The fraction of sp³-hybridized carbons (Fsp3) is 0.235. The van der Waals surface area contributed by atoms with Crippen molar-refractivity contribution in [1.29, 1.82) is 0 Å². The molecule has 1 unspecified atom stereocenters. The maximum absolute atomic E-state index is 13.5. The smallest absolute Gasteiger partial charge is 0.319 e. The van der Waals surface area contributed by atoms with E-state index in [1.165, 1.54) is 12.1 Å². The highest BCUT2D eigenvalue weighted by molar-refractivity contribution is 5.89. The summed E-state index contributed by atoms with van der Waals surface area (Å²) in [4.78, 5) is 12.0. The second kappa shape index (κ2) is 7.45. The molecule has 116 valence electrons. The van der Waals surface area contributed by atoms with Crippen molar-refractivity contribution >= 4 is 11.7 Å². The van der Waals surface area contributed by atoms with Crippen LogP contribution >= 0.6 is 0 Å². The fourth-order valence-electron chi connectivity index (χ4n) is 2.14. The number of nitrogens with one attached hydrogen (secondary N) is 2. The molecule has 2 N–H and O–H groups in total. The minimum atomic E-state index is -0.463. The molecule has 1 atom stereocenters. The summed E-state index contributed by atoms with van der Waals surface area (Å²) in [7, 11) is 1.60. The van der Waals surface area contributed by atoms with Crippen LogP contribution in [0, 0.1) is 5.82 Å². The van der Waals surface area contributed by atoms with Gasteiger partial charge in [0, 0.05) is 0 Å². The summed E-state index contributed by atoms with van der Waals surface area (Å²) in [6.45, 7) is 1.97. The first-order valence-corrected chi connectivity index (χ1v) is 7.10. The minimum Gasteiger partial charge on any atom is -0.497 e. The molecule has 2 rings (SSSR count). The number of carbonyl (C=O) groups is 1. The van der Waals surface area contributed by atoms with Gasteiger partial charge in [0.15, 0.2) is 0 Å². The molecule has 0 saturated carbocycles. The molecule has 0 spiro atoms. The Bertz CT molecular complexity index is 629. The van der Waals surface area contributed by atoms with E-state index in [4.69, 9.17) is 4.74 Å². The summed E-state index contributed by atoms with van der Waals surface area (Å²) in [6.07, 6.45) is 0.719. The third-order valence-corrected chi connectivity index (χ3v) is 3.35. The van der Waals surface area contributed by atoms with Gasteiger partial charge in [-0.15, -0.1) is 0 Å². The largest absolute Gasteiger partial charge is 0.497 e. The third-order valence-electron chi connectivity index (χ3n) is 3.35. The number of hydrogen-bond donors (Lipinski definition) is 2. The predicted molar refractivity (Wildman–Crippen MR) is 84.6 cm³/mol. The molecule has 0 bridgehead atoms. The lowest BCUT2D eigenvalue weighted by Crippen LogP contribution is -2.32. The Hall–Kier alpha value is -2.56.